The number of Topliss-reactive ketones (excluding diaryl/α,β-unsaturated/α-hetero) is 1. The van der Waals surface area contributed by atoms with Gasteiger partial charge in [0, 0.05) is 40.7 Å². The van der Waals surface area contributed by atoms with E-state index in [4.69, 9.17) is 0 Å². The highest BCUT2D eigenvalue weighted by Crippen LogP contribution is 2.42. The molecule has 2 aliphatic rings. The Kier molecular flexibility index (Phi) is 5.66. The van der Waals surface area contributed by atoms with Gasteiger partial charge in [0.2, 0.25) is 0 Å². The first-order valence-corrected chi connectivity index (χ1v) is 12.2. The molecule has 0 bridgehead atoms. The number of ketones is 1. The molecule has 1 aliphatic heterocycles. The van der Waals surface area contributed by atoms with Crippen LogP contribution in [0.15, 0.2) is 36.5 Å². The second-order valence-electron chi connectivity index (χ2n) is 10.4. The number of pyridine rings is 1. The molecule has 4 heteroatoms. The minimum Gasteiger partial charge on any atom is -0.354 e. The summed E-state index contributed by atoms with van der Waals surface area (Å²) in [6.45, 7) is 10.9. The predicted octanol–water partition coefficient (Wildman–Crippen LogP) is 5.97. The Morgan fingerprint density at radius 1 is 1.12 bits per heavy atom. The van der Waals surface area contributed by atoms with Crippen LogP contribution in [0.2, 0.25) is 0 Å². The average molecular weight is 430 g/mol. The van der Waals surface area contributed by atoms with E-state index in [-0.39, 0.29) is 5.92 Å². The maximum absolute atomic E-state index is 13.3. The lowest BCUT2D eigenvalue weighted by molar-refractivity contribution is -0.121. The molecule has 2 aromatic heterocycles. The van der Waals surface area contributed by atoms with Crippen molar-refractivity contribution in [2.24, 2.45) is 17.8 Å². The number of fused-ring (bicyclic) bond motifs is 2. The van der Waals surface area contributed by atoms with Crippen LogP contribution in [0.4, 0.5) is 0 Å². The van der Waals surface area contributed by atoms with Crippen molar-refractivity contribution >= 4 is 16.7 Å². The number of nitrogens with one attached hydrogen (secondary N) is 2. The van der Waals surface area contributed by atoms with E-state index < -0.39 is 0 Å². The lowest BCUT2D eigenvalue weighted by Gasteiger charge is -2.19. The second-order valence-corrected chi connectivity index (χ2v) is 10.4. The molecule has 3 aromatic rings. The molecule has 1 aromatic carbocycles. The molecule has 32 heavy (non-hydrogen) atoms. The molecule has 3 heterocycles. The molecule has 1 saturated carbocycles. The molecule has 4 unspecified atom stereocenters. The number of aromatic amines is 1. The lowest BCUT2D eigenvalue weighted by atomic mass is 9.84. The number of benzene rings is 1. The highest BCUT2D eigenvalue weighted by atomic mass is 16.1. The van der Waals surface area contributed by atoms with Crippen molar-refractivity contribution < 1.29 is 4.79 Å². The van der Waals surface area contributed by atoms with Gasteiger partial charge in [0.05, 0.1) is 5.69 Å². The third-order valence-corrected chi connectivity index (χ3v) is 7.98. The third kappa shape index (κ3) is 3.79. The summed E-state index contributed by atoms with van der Waals surface area (Å²) in [5, 5.41) is 4.76. The standard InChI is InChI=1S/C28H35N3O/c1-16(2)27-23-12-19(7-8-25(23)31-28(27)21-9-10-30-17(3)11-21)18(4)26(32)13-20-5-6-22-14-29-15-24(20)22/h7-12,16,18,20,22,24,29,31H,5-6,13-15H2,1-4H3. The summed E-state index contributed by atoms with van der Waals surface area (Å²) in [6, 6.07) is 10.8. The Morgan fingerprint density at radius 3 is 2.75 bits per heavy atom. The molecule has 2 N–H and O–H groups in total. The zero-order valence-corrected chi connectivity index (χ0v) is 19.7. The molecule has 1 saturated heterocycles. The van der Waals surface area contributed by atoms with Crippen molar-refractivity contribution in [1.29, 1.82) is 0 Å². The number of aryl methyl sites for hydroxylation is 1. The molecule has 2 fully saturated rings. The summed E-state index contributed by atoms with van der Waals surface area (Å²) in [4.78, 5) is 21.3. The Bertz CT molecular complexity index is 1140. The van der Waals surface area contributed by atoms with Crippen molar-refractivity contribution in [3.05, 3.63) is 53.3 Å². The fourth-order valence-electron chi connectivity index (χ4n) is 6.17. The fraction of sp³-hybridized carbons (Fsp3) is 0.500. The van der Waals surface area contributed by atoms with E-state index in [9.17, 15) is 4.79 Å². The number of carbonyl (C=O) groups is 1. The Labute approximate surface area is 191 Å². The summed E-state index contributed by atoms with van der Waals surface area (Å²) in [6.07, 6.45) is 5.11. The maximum atomic E-state index is 13.3. The van der Waals surface area contributed by atoms with E-state index in [0.29, 0.717) is 23.5 Å². The highest BCUT2D eigenvalue weighted by Gasteiger charge is 2.40. The van der Waals surface area contributed by atoms with Gasteiger partial charge in [-0.3, -0.25) is 9.78 Å². The molecule has 5 rings (SSSR count). The van der Waals surface area contributed by atoms with Crippen LogP contribution in [-0.4, -0.2) is 28.8 Å². The minimum atomic E-state index is -0.0608. The molecular weight excluding hydrogens is 394 g/mol. The summed E-state index contributed by atoms with van der Waals surface area (Å²) in [5.41, 5.74) is 6.95. The molecule has 4 atom stereocenters. The Hall–Kier alpha value is -2.46. The SMILES string of the molecule is Cc1cc(-c2[nH]c3ccc(C(C)C(=O)CC4CCC5CNCC54)cc3c2C(C)C)ccn1. The van der Waals surface area contributed by atoms with Gasteiger partial charge in [0.15, 0.2) is 0 Å². The van der Waals surface area contributed by atoms with Crippen LogP contribution >= 0.6 is 0 Å². The van der Waals surface area contributed by atoms with E-state index in [0.717, 1.165) is 42.2 Å². The van der Waals surface area contributed by atoms with E-state index in [1.807, 2.05) is 13.1 Å². The van der Waals surface area contributed by atoms with Crippen LogP contribution in [0.25, 0.3) is 22.2 Å². The summed E-state index contributed by atoms with van der Waals surface area (Å²) in [5.74, 6) is 2.77. The first-order chi connectivity index (χ1) is 15.4. The normalized spacial score (nSPS) is 23.7. The van der Waals surface area contributed by atoms with Crippen molar-refractivity contribution in [3.8, 4) is 11.3 Å². The predicted molar refractivity (Wildman–Crippen MR) is 131 cm³/mol. The zero-order chi connectivity index (χ0) is 22.4. The van der Waals surface area contributed by atoms with Gasteiger partial charge in [-0.2, -0.15) is 0 Å². The topological polar surface area (TPSA) is 57.8 Å². The van der Waals surface area contributed by atoms with Gasteiger partial charge in [-0.05, 0) is 91.9 Å². The van der Waals surface area contributed by atoms with Crippen LogP contribution in [0.1, 0.15) is 68.7 Å². The molecule has 0 radical (unpaired) electrons. The number of nitrogens with zero attached hydrogens (tertiary/aromatic N) is 1. The van der Waals surface area contributed by atoms with Gasteiger partial charge in [-0.15, -0.1) is 0 Å². The number of aromatic nitrogens is 2. The minimum absolute atomic E-state index is 0.0608. The second kappa shape index (κ2) is 8.47. The largest absolute Gasteiger partial charge is 0.354 e. The van der Waals surface area contributed by atoms with Crippen LogP contribution in [0, 0.1) is 24.7 Å². The highest BCUT2D eigenvalue weighted by molar-refractivity contribution is 5.93. The molecule has 168 valence electrons. The van der Waals surface area contributed by atoms with E-state index >= 15 is 0 Å². The third-order valence-electron chi connectivity index (χ3n) is 7.98. The Balaban J connectivity index is 1.44. The molecule has 0 spiro atoms. The van der Waals surface area contributed by atoms with Gasteiger partial charge in [0.25, 0.3) is 0 Å². The van der Waals surface area contributed by atoms with E-state index in [2.05, 4.69) is 66.4 Å². The molecule has 0 amide bonds. The van der Waals surface area contributed by atoms with Gasteiger partial charge >= 0.3 is 0 Å². The van der Waals surface area contributed by atoms with Crippen molar-refractivity contribution in [1.82, 2.24) is 15.3 Å². The monoisotopic (exact) mass is 429 g/mol. The van der Waals surface area contributed by atoms with Crippen LogP contribution < -0.4 is 5.32 Å². The van der Waals surface area contributed by atoms with Crippen molar-refractivity contribution in [2.75, 3.05) is 13.1 Å². The first-order valence-electron chi connectivity index (χ1n) is 12.2. The van der Waals surface area contributed by atoms with Gasteiger partial charge in [-0.25, -0.2) is 0 Å². The van der Waals surface area contributed by atoms with Gasteiger partial charge < -0.3 is 10.3 Å². The number of hydrogen-bond acceptors (Lipinski definition) is 3. The lowest BCUT2D eigenvalue weighted by Crippen LogP contribution is -2.21. The number of hydrogen-bond donors (Lipinski definition) is 2. The summed E-state index contributed by atoms with van der Waals surface area (Å²) in [7, 11) is 0. The number of carbonyl (C=O) groups excluding carboxylic acids is 1. The quantitative estimate of drug-likeness (QED) is 0.507. The number of rotatable bonds is 6. The summed E-state index contributed by atoms with van der Waals surface area (Å²) >= 11 is 0. The molecule has 1 aliphatic carbocycles. The van der Waals surface area contributed by atoms with Crippen LogP contribution in [0.3, 0.4) is 0 Å². The fourth-order valence-corrected chi connectivity index (χ4v) is 6.17. The van der Waals surface area contributed by atoms with E-state index in [1.165, 1.54) is 35.0 Å². The van der Waals surface area contributed by atoms with Gasteiger partial charge in [0.1, 0.15) is 5.78 Å². The maximum Gasteiger partial charge on any atom is 0.140 e. The smallest absolute Gasteiger partial charge is 0.140 e. The number of H-pyrrole nitrogens is 1. The van der Waals surface area contributed by atoms with Crippen molar-refractivity contribution in [2.45, 2.75) is 58.8 Å². The van der Waals surface area contributed by atoms with Crippen molar-refractivity contribution in [3.63, 3.8) is 0 Å². The molecule has 4 nitrogen and oxygen atoms in total. The zero-order valence-electron chi connectivity index (χ0n) is 19.7. The van der Waals surface area contributed by atoms with Crippen LogP contribution in [0.5, 0.6) is 0 Å². The Morgan fingerprint density at radius 2 is 1.97 bits per heavy atom. The first kappa shape index (κ1) is 21.4. The molecular formula is C28H35N3O. The van der Waals surface area contributed by atoms with E-state index in [1.54, 1.807) is 0 Å². The van der Waals surface area contributed by atoms with Gasteiger partial charge in [-0.1, -0.05) is 26.8 Å². The van der Waals surface area contributed by atoms with Crippen LogP contribution in [-0.2, 0) is 4.79 Å². The summed E-state index contributed by atoms with van der Waals surface area (Å²) < 4.78 is 0. The average Bonchev–Trinajstić information content (AvgIpc) is 3.48.